The fourth-order valence-corrected chi connectivity index (χ4v) is 3.42. The number of sulfonamides is 1. The van der Waals surface area contributed by atoms with Crippen molar-refractivity contribution < 1.29 is 17.9 Å². The van der Waals surface area contributed by atoms with Crippen LogP contribution in [0.25, 0.3) is 0 Å². The standard InChI is InChI=1S/C14H21NO4S/c1-4-8-15(10-14(16)19-3)20(17,18)11-13-7-5-6-12(2)9-13/h5-7,9H,4,8,10-11H2,1-3H3. The number of hydrogen-bond donors (Lipinski definition) is 0. The highest BCUT2D eigenvalue weighted by atomic mass is 32.2. The summed E-state index contributed by atoms with van der Waals surface area (Å²) >= 11 is 0. The summed E-state index contributed by atoms with van der Waals surface area (Å²) < 4.78 is 30.5. The van der Waals surface area contributed by atoms with E-state index in [4.69, 9.17) is 0 Å². The molecule has 0 spiro atoms. The van der Waals surface area contributed by atoms with Gasteiger partial charge in [-0.3, -0.25) is 4.79 Å². The highest BCUT2D eigenvalue weighted by molar-refractivity contribution is 7.88. The molecule has 0 fully saturated rings. The molecular formula is C14H21NO4S. The van der Waals surface area contributed by atoms with Gasteiger partial charge in [0.2, 0.25) is 10.0 Å². The fourth-order valence-electron chi connectivity index (χ4n) is 1.88. The molecule has 0 bridgehead atoms. The van der Waals surface area contributed by atoms with E-state index in [0.29, 0.717) is 13.0 Å². The smallest absolute Gasteiger partial charge is 0.321 e. The van der Waals surface area contributed by atoms with Crippen molar-refractivity contribution in [1.29, 1.82) is 0 Å². The zero-order valence-electron chi connectivity index (χ0n) is 12.1. The minimum absolute atomic E-state index is 0.105. The van der Waals surface area contributed by atoms with E-state index in [-0.39, 0.29) is 12.3 Å². The topological polar surface area (TPSA) is 63.7 Å². The molecule has 112 valence electrons. The number of benzene rings is 1. The highest BCUT2D eigenvalue weighted by Gasteiger charge is 2.24. The first-order valence-electron chi connectivity index (χ1n) is 6.49. The van der Waals surface area contributed by atoms with Crippen molar-refractivity contribution in [1.82, 2.24) is 4.31 Å². The SMILES string of the molecule is CCCN(CC(=O)OC)S(=O)(=O)Cc1cccc(C)c1. The van der Waals surface area contributed by atoms with Crippen molar-refractivity contribution >= 4 is 16.0 Å². The molecule has 1 aromatic rings. The van der Waals surface area contributed by atoms with E-state index in [0.717, 1.165) is 11.1 Å². The second-order valence-electron chi connectivity index (χ2n) is 4.65. The van der Waals surface area contributed by atoms with Gasteiger partial charge in [0, 0.05) is 6.54 Å². The van der Waals surface area contributed by atoms with Crippen LogP contribution in [0.1, 0.15) is 24.5 Å². The summed E-state index contributed by atoms with van der Waals surface area (Å²) in [6.45, 7) is 3.85. The Hall–Kier alpha value is -1.40. The van der Waals surface area contributed by atoms with Crippen molar-refractivity contribution in [3.8, 4) is 0 Å². The summed E-state index contributed by atoms with van der Waals surface area (Å²) in [6, 6.07) is 7.34. The number of ether oxygens (including phenoxy) is 1. The first kappa shape index (κ1) is 16.7. The molecule has 0 amide bonds. The summed E-state index contributed by atoms with van der Waals surface area (Å²) in [5.41, 5.74) is 1.73. The molecule has 0 N–H and O–H groups in total. The second kappa shape index (κ2) is 7.40. The van der Waals surface area contributed by atoms with Gasteiger partial charge in [-0.1, -0.05) is 36.8 Å². The maximum atomic E-state index is 12.4. The molecule has 0 aliphatic rings. The molecule has 0 aliphatic heterocycles. The minimum atomic E-state index is -3.53. The van der Waals surface area contributed by atoms with E-state index in [2.05, 4.69) is 4.74 Å². The molecule has 5 nitrogen and oxygen atoms in total. The molecule has 20 heavy (non-hydrogen) atoms. The third-order valence-corrected chi connectivity index (χ3v) is 4.63. The predicted octanol–water partition coefficient (Wildman–Crippen LogP) is 1.71. The van der Waals surface area contributed by atoms with Crippen LogP contribution < -0.4 is 0 Å². The van der Waals surface area contributed by atoms with Crippen LogP contribution in [0, 0.1) is 6.92 Å². The van der Waals surface area contributed by atoms with Gasteiger partial charge in [0.05, 0.1) is 12.9 Å². The fraction of sp³-hybridized carbons (Fsp3) is 0.500. The molecule has 1 rings (SSSR count). The summed E-state index contributed by atoms with van der Waals surface area (Å²) in [5.74, 6) is -0.655. The Bertz CT molecular complexity index is 554. The monoisotopic (exact) mass is 299 g/mol. The van der Waals surface area contributed by atoms with E-state index >= 15 is 0 Å². The first-order valence-corrected chi connectivity index (χ1v) is 8.10. The minimum Gasteiger partial charge on any atom is -0.468 e. The van der Waals surface area contributed by atoms with Crippen LogP contribution in [0.2, 0.25) is 0 Å². The number of carbonyl (C=O) groups excluding carboxylic acids is 1. The number of nitrogens with zero attached hydrogens (tertiary/aromatic N) is 1. The van der Waals surface area contributed by atoms with Crippen LogP contribution in [0.15, 0.2) is 24.3 Å². The van der Waals surface area contributed by atoms with Crippen LogP contribution in [0.3, 0.4) is 0 Å². The van der Waals surface area contributed by atoms with Gasteiger partial charge in [0.25, 0.3) is 0 Å². The lowest BCUT2D eigenvalue weighted by molar-refractivity contribution is -0.140. The van der Waals surface area contributed by atoms with E-state index < -0.39 is 16.0 Å². The lowest BCUT2D eigenvalue weighted by Gasteiger charge is -2.20. The Morgan fingerprint density at radius 1 is 1.35 bits per heavy atom. The first-order chi connectivity index (χ1) is 9.39. The molecule has 0 saturated carbocycles. The average molecular weight is 299 g/mol. The Labute approximate surface area is 120 Å². The predicted molar refractivity (Wildman–Crippen MR) is 77.7 cm³/mol. The molecule has 6 heteroatoms. The average Bonchev–Trinajstić information content (AvgIpc) is 2.37. The van der Waals surface area contributed by atoms with Gasteiger partial charge in [0.15, 0.2) is 0 Å². The van der Waals surface area contributed by atoms with Gasteiger partial charge < -0.3 is 4.74 Å². The summed E-state index contributed by atoms with van der Waals surface area (Å²) in [7, 11) is -2.28. The molecule has 0 radical (unpaired) electrons. The van der Waals surface area contributed by atoms with Crippen LogP contribution in [-0.2, 0) is 25.3 Å². The Balaban J connectivity index is 2.90. The third kappa shape index (κ3) is 4.94. The number of esters is 1. The highest BCUT2D eigenvalue weighted by Crippen LogP contribution is 2.13. The molecule has 0 aromatic heterocycles. The van der Waals surface area contributed by atoms with Crippen LogP contribution in [0.5, 0.6) is 0 Å². The largest absolute Gasteiger partial charge is 0.468 e. The molecular weight excluding hydrogens is 278 g/mol. The van der Waals surface area contributed by atoms with Gasteiger partial charge in [-0.2, -0.15) is 4.31 Å². The summed E-state index contributed by atoms with van der Waals surface area (Å²) in [6.07, 6.45) is 0.643. The number of hydrogen-bond acceptors (Lipinski definition) is 4. The molecule has 1 aromatic carbocycles. The number of carbonyl (C=O) groups is 1. The van der Waals surface area contributed by atoms with Gasteiger partial charge in [-0.15, -0.1) is 0 Å². The zero-order valence-corrected chi connectivity index (χ0v) is 12.9. The van der Waals surface area contributed by atoms with Crippen LogP contribution in [-0.4, -0.2) is 38.9 Å². The summed E-state index contributed by atoms with van der Waals surface area (Å²) in [5, 5.41) is 0. The molecule has 0 aliphatic carbocycles. The Kier molecular flexibility index (Phi) is 6.16. The zero-order chi connectivity index (χ0) is 15.2. The number of rotatable bonds is 7. The quantitative estimate of drug-likeness (QED) is 0.719. The third-order valence-electron chi connectivity index (χ3n) is 2.83. The van der Waals surface area contributed by atoms with E-state index in [1.807, 2.05) is 32.0 Å². The second-order valence-corrected chi connectivity index (χ2v) is 6.62. The maximum Gasteiger partial charge on any atom is 0.321 e. The summed E-state index contributed by atoms with van der Waals surface area (Å²) in [4.78, 5) is 11.3. The molecule has 0 saturated heterocycles. The van der Waals surface area contributed by atoms with Crippen molar-refractivity contribution in [3.63, 3.8) is 0 Å². The lowest BCUT2D eigenvalue weighted by Crippen LogP contribution is -2.37. The van der Waals surface area contributed by atoms with E-state index in [1.54, 1.807) is 6.07 Å². The number of aryl methyl sites for hydroxylation is 1. The Morgan fingerprint density at radius 2 is 2.05 bits per heavy atom. The normalized spacial score (nSPS) is 11.6. The van der Waals surface area contributed by atoms with Gasteiger partial charge >= 0.3 is 5.97 Å². The molecule has 0 heterocycles. The van der Waals surface area contributed by atoms with Crippen LogP contribution in [0.4, 0.5) is 0 Å². The van der Waals surface area contributed by atoms with Gasteiger partial charge in [-0.25, -0.2) is 8.42 Å². The van der Waals surface area contributed by atoms with Crippen molar-refractivity contribution in [2.24, 2.45) is 0 Å². The lowest BCUT2D eigenvalue weighted by atomic mass is 10.2. The van der Waals surface area contributed by atoms with Crippen molar-refractivity contribution in [2.75, 3.05) is 20.2 Å². The van der Waals surface area contributed by atoms with Gasteiger partial charge in [0.1, 0.15) is 6.54 Å². The molecule has 0 unspecified atom stereocenters. The number of methoxy groups -OCH3 is 1. The van der Waals surface area contributed by atoms with Gasteiger partial charge in [-0.05, 0) is 18.9 Å². The van der Waals surface area contributed by atoms with Crippen molar-refractivity contribution in [3.05, 3.63) is 35.4 Å². The van der Waals surface area contributed by atoms with Crippen molar-refractivity contribution in [2.45, 2.75) is 26.0 Å². The van der Waals surface area contributed by atoms with E-state index in [9.17, 15) is 13.2 Å². The maximum absolute atomic E-state index is 12.4. The molecule has 0 atom stereocenters. The van der Waals surface area contributed by atoms with Crippen LogP contribution >= 0.6 is 0 Å². The Morgan fingerprint density at radius 3 is 2.60 bits per heavy atom. The van der Waals surface area contributed by atoms with E-state index in [1.165, 1.54) is 11.4 Å².